The quantitative estimate of drug-likeness (QED) is 0.705. The second-order valence-electron chi connectivity index (χ2n) is 6.80. The van der Waals surface area contributed by atoms with Crippen molar-refractivity contribution in [3.8, 4) is 17.6 Å². The minimum absolute atomic E-state index is 0.115. The summed E-state index contributed by atoms with van der Waals surface area (Å²) >= 11 is 0. The second-order valence-corrected chi connectivity index (χ2v) is 6.80. The van der Waals surface area contributed by atoms with E-state index < -0.39 is 64.7 Å². The Hall–Kier alpha value is -2.73. The molecule has 146 valence electrons. The fraction of sp³-hybridized carbons (Fsp3) is 0.316. The number of rotatable bonds is 2. The first kappa shape index (κ1) is 18.6. The largest absolute Gasteiger partial charge is 0.457 e. The van der Waals surface area contributed by atoms with Gasteiger partial charge in [-0.15, -0.1) is 0 Å². The highest BCUT2D eigenvalue weighted by molar-refractivity contribution is 5.58. The molecular formula is C19H11F6NO2. The molecule has 0 radical (unpaired) electrons. The third kappa shape index (κ3) is 2.21. The second kappa shape index (κ2) is 5.64. The molecule has 0 aliphatic heterocycles. The van der Waals surface area contributed by atoms with Crippen LogP contribution in [0.15, 0.2) is 30.3 Å². The van der Waals surface area contributed by atoms with Crippen LogP contribution in [0.3, 0.4) is 0 Å². The van der Waals surface area contributed by atoms with Gasteiger partial charge >= 0.3 is 11.8 Å². The fourth-order valence-electron chi connectivity index (χ4n) is 3.87. The Morgan fingerprint density at radius 1 is 1.14 bits per heavy atom. The number of nitrogens with zero attached hydrogens (tertiary/aromatic N) is 1. The van der Waals surface area contributed by atoms with Crippen molar-refractivity contribution in [1.82, 2.24) is 0 Å². The van der Waals surface area contributed by atoms with Gasteiger partial charge in [0.25, 0.3) is 0 Å². The molecule has 2 aromatic carbocycles. The van der Waals surface area contributed by atoms with Crippen LogP contribution >= 0.6 is 0 Å². The fourth-order valence-corrected chi connectivity index (χ4v) is 3.87. The predicted octanol–water partition coefficient (Wildman–Crippen LogP) is 5.22. The van der Waals surface area contributed by atoms with Crippen molar-refractivity contribution < 1.29 is 36.2 Å². The van der Waals surface area contributed by atoms with E-state index in [2.05, 4.69) is 0 Å². The van der Waals surface area contributed by atoms with Gasteiger partial charge in [0.2, 0.25) is 0 Å². The normalized spacial score (nSPS) is 26.4. The number of nitriles is 1. The SMILES string of the molecule is N#Cc1cc(F)cc(Oc2ccc3c4c2[C@H](F)CC[C@]4(O)C(F)(F)C3(F)F)c1. The predicted molar refractivity (Wildman–Crippen MR) is 83.5 cm³/mol. The third-order valence-corrected chi connectivity index (χ3v) is 5.17. The average molecular weight is 399 g/mol. The van der Waals surface area contributed by atoms with E-state index in [0.717, 1.165) is 24.3 Å². The van der Waals surface area contributed by atoms with Crippen LogP contribution in [-0.4, -0.2) is 11.0 Å². The molecule has 0 unspecified atom stereocenters. The van der Waals surface area contributed by atoms with Crippen molar-refractivity contribution in [1.29, 1.82) is 5.26 Å². The van der Waals surface area contributed by atoms with Crippen molar-refractivity contribution in [2.24, 2.45) is 0 Å². The number of hydrogen-bond donors (Lipinski definition) is 1. The first-order chi connectivity index (χ1) is 13.0. The lowest BCUT2D eigenvalue weighted by Crippen LogP contribution is -2.50. The smallest absolute Gasteiger partial charge is 0.346 e. The molecule has 0 spiro atoms. The van der Waals surface area contributed by atoms with Gasteiger partial charge in [-0.3, -0.25) is 0 Å². The van der Waals surface area contributed by atoms with Crippen LogP contribution in [0.25, 0.3) is 0 Å². The Labute approximate surface area is 154 Å². The topological polar surface area (TPSA) is 53.2 Å². The molecule has 0 fully saturated rings. The molecule has 9 heteroatoms. The lowest BCUT2D eigenvalue weighted by molar-refractivity contribution is -0.289. The van der Waals surface area contributed by atoms with Crippen molar-refractivity contribution in [2.75, 3.05) is 0 Å². The van der Waals surface area contributed by atoms with Gasteiger partial charge in [-0.2, -0.15) is 22.8 Å². The summed E-state index contributed by atoms with van der Waals surface area (Å²) in [6.07, 6.45) is -3.46. The minimum atomic E-state index is -4.83. The summed E-state index contributed by atoms with van der Waals surface area (Å²) in [5, 5.41) is 19.3. The summed E-state index contributed by atoms with van der Waals surface area (Å²) in [7, 11) is 0. The number of ether oxygens (including phenoxy) is 1. The number of halogens is 6. The van der Waals surface area contributed by atoms with E-state index in [9.17, 15) is 31.4 Å². The van der Waals surface area contributed by atoms with Crippen LogP contribution in [0.5, 0.6) is 11.5 Å². The lowest BCUT2D eigenvalue weighted by Gasteiger charge is -2.37. The molecule has 0 heterocycles. The Morgan fingerprint density at radius 2 is 1.86 bits per heavy atom. The highest BCUT2D eigenvalue weighted by Crippen LogP contribution is 2.66. The molecule has 2 aliphatic carbocycles. The molecule has 0 saturated heterocycles. The van der Waals surface area contributed by atoms with Crippen LogP contribution in [0.2, 0.25) is 0 Å². The summed E-state index contributed by atoms with van der Waals surface area (Å²) < 4.78 is 90.9. The molecule has 2 aromatic rings. The van der Waals surface area contributed by atoms with Gasteiger partial charge < -0.3 is 9.84 Å². The van der Waals surface area contributed by atoms with E-state index in [-0.39, 0.29) is 11.3 Å². The Morgan fingerprint density at radius 3 is 2.54 bits per heavy atom. The van der Waals surface area contributed by atoms with Crippen molar-refractivity contribution in [3.63, 3.8) is 0 Å². The monoisotopic (exact) mass is 399 g/mol. The molecule has 4 rings (SSSR count). The average Bonchev–Trinajstić information content (AvgIpc) is 2.74. The summed E-state index contributed by atoms with van der Waals surface area (Å²) in [4.78, 5) is 0. The molecular weight excluding hydrogens is 388 g/mol. The van der Waals surface area contributed by atoms with E-state index in [0.29, 0.717) is 6.07 Å². The number of aliphatic hydroxyl groups is 1. The van der Waals surface area contributed by atoms with Crippen LogP contribution in [-0.2, 0) is 11.5 Å². The van der Waals surface area contributed by atoms with Crippen molar-refractivity contribution >= 4 is 0 Å². The van der Waals surface area contributed by atoms with Crippen molar-refractivity contribution in [2.45, 2.75) is 36.5 Å². The summed E-state index contributed by atoms with van der Waals surface area (Å²) in [5.41, 5.74) is -6.04. The third-order valence-electron chi connectivity index (χ3n) is 5.17. The molecule has 2 atom stereocenters. The Kier molecular flexibility index (Phi) is 3.75. The maximum absolute atomic E-state index is 14.6. The van der Waals surface area contributed by atoms with Gasteiger partial charge in [0.05, 0.1) is 11.6 Å². The Balaban J connectivity index is 1.91. The minimum Gasteiger partial charge on any atom is -0.457 e. The summed E-state index contributed by atoms with van der Waals surface area (Å²) in [6.45, 7) is 0. The van der Waals surface area contributed by atoms with E-state index in [4.69, 9.17) is 10.00 Å². The molecule has 0 bridgehead atoms. The molecule has 3 nitrogen and oxygen atoms in total. The van der Waals surface area contributed by atoms with Crippen LogP contribution < -0.4 is 4.74 Å². The van der Waals surface area contributed by atoms with Gasteiger partial charge in [0.15, 0.2) is 5.60 Å². The maximum atomic E-state index is 14.6. The van der Waals surface area contributed by atoms with E-state index in [1.165, 1.54) is 0 Å². The molecule has 2 aliphatic rings. The van der Waals surface area contributed by atoms with Crippen LogP contribution in [0.1, 0.15) is 41.3 Å². The summed E-state index contributed by atoms with van der Waals surface area (Å²) in [5.74, 6) is -11.0. The number of hydrogen-bond acceptors (Lipinski definition) is 3. The van der Waals surface area contributed by atoms with Crippen LogP contribution in [0.4, 0.5) is 26.3 Å². The van der Waals surface area contributed by atoms with Crippen LogP contribution in [0, 0.1) is 17.1 Å². The molecule has 1 N–H and O–H groups in total. The van der Waals surface area contributed by atoms with Crippen molar-refractivity contribution in [3.05, 3.63) is 58.4 Å². The maximum Gasteiger partial charge on any atom is 0.346 e. The number of benzene rings is 2. The van der Waals surface area contributed by atoms with E-state index in [1.54, 1.807) is 6.07 Å². The van der Waals surface area contributed by atoms with Gasteiger partial charge in [0.1, 0.15) is 23.5 Å². The molecule has 28 heavy (non-hydrogen) atoms. The zero-order chi connectivity index (χ0) is 20.5. The number of alkyl halides is 5. The van der Waals surface area contributed by atoms with Gasteiger partial charge in [-0.05, 0) is 37.1 Å². The first-order valence-corrected chi connectivity index (χ1v) is 8.21. The standard InChI is InChI=1S/C19H11F6NO2/c20-10-5-9(8-26)6-11(7-10)28-14-2-1-12-16-15(14)13(21)3-4-17(16,27)19(24,25)18(12,22)23/h1-2,5-7,13,27H,3-4H2/t13-,17-/m1/s1. The van der Waals surface area contributed by atoms with Gasteiger partial charge in [-0.1, -0.05) is 0 Å². The van der Waals surface area contributed by atoms with Gasteiger partial charge in [0, 0.05) is 22.8 Å². The summed E-state index contributed by atoms with van der Waals surface area (Å²) in [6, 6.07) is 6.10. The molecule has 0 saturated carbocycles. The van der Waals surface area contributed by atoms with E-state index >= 15 is 0 Å². The zero-order valence-corrected chi connectivity index (χ0v) is 13.9. The lowest BCUT2D eigenvalue weighted by atomic mass is 9.77. The highest BCUT2D eigenvalue weighted by Gasteiger charge is 2.77. The highest BCUT2D eigenvalue weighted by atomic mass is 19.3. The van der Waals surface area contributed by atoms with E-state index in [1.807, 2.05) is 0 Å². The molecule has 0 amide bonds. The zero-order valence-electron chi connectivity index (χ0n) is 13.9. The first-order valence-electron chi connectivity index (χ1n) is 8.21. The molecule has 0 aromatic heterocycles. The van der Waals surface area contributed by atoms with Gasteiger partial charge in [-0.25, -0.2) is 8.78 Å². The Bertz CT molecular complexity index is 1030.